The molecule has 0 bridgehead atoms. The van der Waals surface area contributed by atoms with Crippen LogP contribution < -0.4 is 9.47 Å². The summed E-state index contributed by atoms with van der Waals surface area (Å²) in [5.41, 5.74) is -0.161. The van der Waals surface area contributed by atoms with Gasteiger partial charge in [0.25, 0.3) is 0 Å². The van der Waals surface area contributed by atoms with Crippen molar-refractivity contribution in [3.8, 4) is 11.5 Å². The Kier molecular flexibility index (Phi) is 8.54. The first-order valence-corrected chi connectivity index (χ1v) is 11.4. The summed E-state index contributed by atoms with van der Waals surface area (Å²) in [5.74, 6) is -5.97. The predicted molar refractivity (Wildman–Crippen MR) is 113 cm³/mol. The van der Waals surface area contributed by atoms with E-state index in [4.69, 9.17) is 0 Å². The van der Waals surface area contributed by atoms with Crippen molar-refractivity contribution >= 4 is 0 Å². The third kappa shape index (κ3) is 7.48. The lowest BCUT2D eigenvalue weighted by molar-refractivity contribution is -0.276. The van der Waals surface area contributed by atoms with E-state index in [0.29, 0.717) is 11.5 Å². The van der Waals surface area contributed by atoms with Gasteiger partial charge in [0.15, 0.2) is 11.6 Å². The minimum atomic E-state index is -5.37. The highest BCUT2D eigenvalue weighted by Crippen LogP contribution is 2.37. The van der Waals surface area contributed by atoms with Crippen LogP contribution in [0.3, 0.4) is 0 Å². The number of rotatable bonds is 9. The Labute approximate surface area is 198 Å². The van der Waals surface area contributed by atoms with E-state index in [1.807, 2.05) is 0 Å². The minimum absolute atomic E-state index is 0.0679. The van der Waals surface area contributed by atoms with Crippen molar-refractivity contribution < 1.29 is 44.6 Å². The molecule has 0 saturated heterocycles. The van der Waals surface area contributed by atoms with Crippen molar-refractivity contribution in [3.63, 3.8) is 0 Å². The van der Waals surface area contributed by atoms with Gasteiger partial charge in [-0.2, -0.15) is 8.78 Å². The fraction of sp³-hybridized carbons (Fsp3) is 0.520. The van der Waals surface area contributed by atoms with Gasteiger partial charge in [-0.3, -0.25) is 0 Å². The molecule has 1 unspecified atom stereocenters. The Hall–Kier alpha value is -2.52. The van der Waals surface area contributed by atoms with E-state index < -0.39 is 47.3 Å². The molecular weight excluding hydrogens is 484 g/mol. The Bertz CT molecular complexity index is 943. The van der Waals surface area contributed by atoms with Crippen molar-refractivity contribution in [1.29, 1.82) is 0 Å². The summed E-state index contributed by atoms with van der Waals surface area (Å²) in [6.07, 6.45) is -4.61. The molecule has 194 valence electrons. The number of halogens is 8. The Morgan fingerprint density at radius 2 is 1.46 bits per heavy atom. The van der Waals surface area contributed by atoms with Crippen LogP contribution in [0.4, 0.5) is 35.1 Å². The van der Waals surface area contributed by atoms with Crippen LogP contribution in [0, 0.1) is 23.5 Å². The topological polar surface area (TPSA) is 18.5 Å². The molecule has 0 amide bonds. The highest BCUT2D eigenvalue weighted by molar-refractivity contribution is 5.36. The lowest BCUT2D eigenvalue weighted by atomic mass is 9.77. The summed E-state index contributed by atoms with van der Waals surface area (Å²) >= 11 is 0. The van der Waals surface area contributed by atoms with Gasteiger partial charge in [0, 0.05) is 18.6 Å². The van der Waals surface area contributed by atoms with E-state index in [-0.39, 0.29) is 24.5 Å². The van der Waals surface area contributed by atoms with Gasteiger partial charge in [-0.05, 0) is 42.4 Å². The monoisotopic (exact) mass is 510 g/mol. The largest absolute Gasteiger partial charge is 0.573 e. The maximum atomic E-state index is 14.8. The second-order valence-corrected chi connectivity index (χ2v) is 8.87. The molecule has 1 atom stereocenters. The number of ether oxygens (including phenoxy) is 2. The van der Waals surface area contributed by atoms with Gasteiger partial charge in [-0.25, -0.2) is 13.2 Å². The van der Waals surface area contributed by atoms with E-state index >= 15 is 0 Å². The summed E-state index contributed by atoms with van der Waals surface area (Å²) in [6.45, 7) is 2.13. The molecule has 1 saturated carbocycles. The van der Waals surface area contributed by atoms with E-state index in [0.717, 1.165) is 50.7 Å². The van der Waals surface area contributed by atoms with Gasteiger partial charge in [0.1, 0.15) is 11.9 Å². The van der Waals surface area contributed by atoms with Crippen LogP contribution in [-0.2, 0) is 12.5 Å². The second kappa shape index (κ2) is 11.0. The number of alkyl halides is 6. The summed E-state index contributed by atoms with van der Waals surface area (Å²) in [4.78, 5) is 0. The molecule has 10 heteroatoms. The average molecular weight is 510 g/mol. The molecule has 0 spiro atoms. The van der Waals surface area contributed by atoms with E-state index in [1.165, 1.54) is 12.1 Å². The maximum Gasteiger partial charge on any atom is 0.573 e. The normalized spacial score (nSPS) is 19.9. The van der Waals surface area contributed by atoms with Crippen LogP contribution >= 0.6 is 0 Å². The lowest BCUT2D eigenvalue weighted by Gasteiger charge is -2.30. The summed E-state index contributed by atoms with van der Waals surface area (Å²) < 4.78 is 116. The smallest absolute Gasteiger partial charge is 0.429 e. The first-order valence-electron chi connectivity index (χ1n) is 11.4. The zero-order valence-corrected chi connectivity index (χ0v) is 19.0. The van der Waals surface area contributed by atoms with Gasteiger partial charge >= 0.3 is 12.5 Å². The molecule has 0 aliphatic heterocycles. The van der Waals surface area contributed by atoms with Crippen LogP contribution in [0.2, 0.25) is 0 Å². The van der Waals surface area contributed by atoms with Crippen molar-refractivity contribution in [2.24, 2.45) is 11.8 Å². The molecule has 0 heterocycles. The van der Waals surface area contributed by atoms with Crippen LogP contribution in [0.5, 0.6) is 11.5 Å². The highest BCUT2D eigenvalue weighted by Gasteiger charge is 2.37. The van der Waals surface area contributed by atoms with Crippen molar-refractivity contribution in [1.82, 2.24) is 0 Å². The summed E-state index contributed by atoms with van der Waals surface area (Å²) in [5, 5.41) is 0. The molecule has 3 rings (SSSR count). The fourth-order valence-electron chi connectivity index (χ4n) is 4.49. The highest BCUT2D eigenvalue weighted by atomic mass is 19.4. The molecule has 2 aromatic rings. The molecule has 2 aromatic carbocycles. The van der Waals surface area contributed by atoms with Crippen LogP contribution in [0.25, 0.3) is 0 Å². The van der Waals surface area contributed by atoms with Gasteiger partial charge in [0.05, 0.1) is 5.56 Å². The van der Waals surface area contributed by atoms with Crippen LogP contribution in [0.1, 0.15) is 56.6 Å². The van der Waals surface area contributed by atoms with Crippen molar-refractivity contribution in [2.45, 2.75) is 70.5 Å². The predicted octanol–water partition coefficient (Wildman–Crippen LogP) is 8.48. The van der Waals surface area contributed by atoms with Crippen molar-refractivity contribution in [2.75, 3.05) is 0 Å². The molecule has 35 heavy (non-hydrogen) atoms. The van der Waals surface area contributed by atoms with E-state index in [9.17, 15) is 35.1 Å². The SMILES string of the molecule is CCCC1CCC(C(F)Cc2ccc(C(F)(F)Oc3cc(F)c(OC(F)(F)F)c(F)c3)cc2)CC1. The third-order valence-electron chi connectivity index (χ3n) is 6.26. The molecule has 0 radical (unpaired) electrons. The lowest BCUT2D eigenvalue weighted by Crippen LogP contribution is -2.25. The molecule has 0 aromatic heterocycles. The average Bonchev–Trinajstić information content (AvgIpc) is 2.76. The molecule has 1 fully saturated rings. The maximum absolute atomic E-state index is 14.8. The first kappa shape index (κ1) is 27.1. The Morgan fingerprint density at radius 1 is 0.886 bits per heavy atom. The van der Waals surface area contributed by atoms with Gasteiger partial charge in [0.2, 0.25) is 5.75 Å². The zero-order chi connectivity index (χ0) is 25.8. The molecule has 0 N–H and O–H groups in total. The summed E-state index contributed by atoms with van der Waals surface area (Å²) in [7, 11) is 0. The zero-order valence-electron chi connectivity index (χ0n) is 19.0. The van der Waals surface area contributed by atoms with Gasteiger partial charge < -0.3 is 9.47 Å². The standard InChI is InChI=1S/C25H26F8O2/c1-2-3-15-4-8-17(9-5-15)20(26)12-16-6-10-18(11-7-16)24(29,30)34-19-13-21(27)23(22(28)14-19)35-25(31,32)33/h6-7,10-11,13-15,17,20H,2-5,8-9,12H2,1H3. The molecule has 2 nitrogen and oxygen atoms in total. The van der Waals surface area contributed by atoms with E-state index in [2.05, 4.69) is 16.4 Å². The minimum Gasteiger partial charge on any atom is -0.429 e. The molecule has 1 aliphatic rings. The van der Waals surface area contributed by atoms with E-state index in [1.54, 1.807) is 0 Å². The van der Waals surface area contributed by atoms with Crippen molar-refractivity contribution in [3.05, 3.63) is 59.2 Å². The van der Waals surface area contributed by atoms with Crippen LogP contribution in [-0.4, -0.2) is 12.5 Å². The van der Waals surface area contributed by atoms with Crippen LogP contribution in [0.15, 0.2) is 36.4 Å². The Balaban J connectivity index is 1.62. The third-order valence-corrected chi connectivity index (χ3v) is 6.26. The number of hydrogen-bond acceptors (Lipinski definition) is 2. The first-order chi connectivity index (χ1) is 16.4. The molecule has 1 aliphatic carbocycles. The second-order valence-electron chi connectivity index (χ2n) is 8.87. The number of benzene rings is 2. The van der Waals surface area contributed by atoms with Gasteiger partial charge in [-0.1, -0.05) is 44.7 Å². The Morgan fingerprint density at radius 3 is 1.97 bits per heavy atom. The van der Waals surface area contributed by atoms with Gasteiger partial charge in [-0.15, -0.1) is 13.2 Å². The summed E-state index contributed by atoms with van der Waals surface area (Å²) in [6, 6.07) is 4.99. The quantitative estimate of drug-likeness (QED) is 0.315. The fourth-order valence-corrected chi connectivity index (χ4v) is 4.49. The number of hydrogen-bond donors (Lipinski definition) is 0. The molecular formula is C25H26F8O2.